The first-order chi connectivity index (χ1) is 16.0. The predicted octanol–water partition coefficient (Wildman–Crippen LogP) is 5.85. The van der Waals surface area contributed by atoms with Gasteiger partial charge in [-0.1, -0.05) is 13.0 Å². The Morgan fingerprint density at radius 1 is 1.21 bits per heavy atom. The first-order valence-electron chi connectivity index (χ1n) is 10.9. The maximum absolute atomic E-state index is 12.9. The van der Waals surface area contributed by atoms with Crippen LogP contribution >= 0.6 is 27.3 Å². The van der Waals surface area contributed by atoms with Gasteiger partial charge >= 0.3 is 0 Å². The summed E-state index contributed by atoms with van der Waals surface area (Å²) in [6, 6.07) is 11.5. The van der Waals surface area contributed by atoms with Crippen molar-refractivity contribution in [2.75, 3.05) is 6.79 Å². The lowest BCUT2D eigenvalue weighted by Crippen LogP contribution is -2.13. The van der Waals surface area contributed by atoms with Crippen molar-refractivity contribution in [3.63, 3.8) is 0 Å². The molecular weight excluding hydrogens is 504 g/mol. The van der Waals surface area contributed by atoms with Crippen molar-refractivity contribution >= 4 is 37.5 Å². The highest BCUT2D eigenvalue weighted by Gasteiger charge is 2.23. The van der Waals surface area contributed by atoms with Crippen molar-refractivity contribution in [3.8, 4) is 28.6 Å². The molecule has 0 saturated heterocycles. The van der Waals surface area contributed by atoms with Gasteiger partial charge in [-0.05, 0) is 82.6 Å². The normalized spacial score (nSPS) is 16.7. The van der Waals surface area contributed by atoms with Gasteiger partial charge in [-0.2, -0.15) is 0 Å². The quantitative estimate of drug-likeness (QED) is 0.362. The fraction of sp³-hybridized carbons (Fsp3) is 0.280. The number of benzene rings is 2. The summed E-state index contributed by atoms with van der Waals surface area (Å²) in [6.07, 6.45) is 3.12. The first-order valence-corrected chi connectivity index (χ1v) is 12.5. The van der Waals surface area contributed by atoms with E-state index in [0.717, 1.165) is 56.6 Å². The van der Waals surface area contributed by atoms with Crippen LogP contribution in [0.3, 0.4) is 0 Å². The highest BCUT2D eigenvalue weighted by Crippen LogP contribution is 2.37. The van der Waals surface area contributed by atoms with E-state index in [1.54, 1.807) is 11.3 Å². The molecule has 2 aliphatic rings. The van der Waals surface area contributed by atoms with E-state index in [2.05, 4.69) is 27.8 Å². The zero-order valence-electron chi connectivity index (χ0n) is 17.9. The van der Waals surface area contributed by atoms with Crippen molar-refractivity contribution in [3.05, 3.63) is 67.2 Å². The lowest BCUT2D eigenvalue weighted by Gasteiger charge is -2.17. The summed E-state index contributed by atoms with van der Waals surface area (Å²) >= 11 is 5.26. The minimum atomic E-state index is -0.0543. The number of H-pyrrole nitrogens is 1. The third kappa shape index (κ3) is 3.81. The van der Waals surface area contributed by atoms with E-state index in [-0.39, 0.29) is 12.4 Å². The van der Waals surface area contributed by atoms with Crippen LogP contribution in [0.15, 0.2) is 45.7 Å². The lowest BCUT2D eigenvalue weighted by atomic mass is 9.89. The number of hydrogen-bond donors (Lipinski definition) is 1. The highest BCUT2D eigenvalue weighted by molar-refractivity contribution is 9.10. The molecule has 0 fully saturated rings. The topological polar surface area (TPSA) is 73.4 Å². The molecule has 168 valence electrons. The molecule has 1 aliphatic heterocycles. The van der Waals surface area contributed by atoms with Gasteiger partial charge in [-0.25, -0.2) is 4.98 Å². The Kier molecular flexibility index (Phi) is 5.14. The van der Waals surface area contributed by atoms with Gasteiger partial charge in [-0.15, -0.1) is 11.3 Å². The van der Waals surface area contributed by atoms with E-state index in [1.165, 1.54) is 10.4 Å². The number of rotatable bonds is 4. The van der Waals surface area contributed by atoms with E-state index < -0.39 is 0 Å². The zero-order valence-corrected chi connectivity index (χ0v) is 20.3. The van der Waals surface area contributed by atoms with Crippen LogP contribution in [0.4, 0.5) is 0 Å². The fourth-order valence-corrected chi connectivity index (χ4v) is 6.32. The van der Waals surface area contributed by atoms with Gasteiger partial charge in [0.2, 0.25) is 6.79 Å². The SMILES string of the molecule is CC1CCc2c(sc3nc(-c4ccc(OCc5ccc6c(c5)OCO6)c(Br)c4)[nH]c(=O)c23)C1. The molecule has 2 aromatic carbocycles. The lowest BCUT2D eigenvalue weighted by molar-refractivity contribution is 0.174. The molecule has 6 rings (SSSR count). The smallest absolute Gasteiger partial charge is 0.260 e. The zero-order chi connectivity index (χ0) is 22.5. The second kappa shape index (κ2) is 8.18. The van der Waals surface area contributed by atoms with Gasteiger partial charge in [0, 0.05) is 10.4 Å². The molecule has 8 heteroatoms. The molecule has 2 aromatic heterocycles. The van der Waals surface area contributed by atoms with E-state index >= 15 is 0 Å². The summed E-state index contributed by atoms with van der Waals surface area (Å²) < 4.78 is 17.6. The number of halogens is 1. The number of nitrogens with zero attached hydrogens (tertiary/aromatic N) is 1. The van der Waals surface area contributed by atoms with Crippen LogP contribution in [-0.2, 0) is 19.4 Å². The number of hydrogen-bond acceptors (Lipinski definition) is 6. The fourth-order valence-electron chi connectivity index (χ4n) is 4.44. The number of aromatic nitrogens is 2. The highest BCUT2D eigenvalue weighted by atomic mass is 79.9. The molecule has 0 amide bonds. The summed E-state index contributed by atoms with van der Waals surface area (Å²) in [5.74, 6) is 3.43. The molecule has 0 saturated carbocycles. The van der Waals surface area contributed by atoms with Crippen molar-refractivity contribution < 1.29 is 14.2 Å². The Labute approximate surface area is 202 Å². The number of aromatic amines is 1. The molecule has 1 aliphatic carbocycles. The maximum Gasteiger partial charge on any atom is 0.260 e. The first kappa shape index (κ1) is 20.7. The van der Waals surface area contributed by atoms with Crippen LogP contribution in [0.1, 0.15) is 29.3 Å². The number of thiophene rings is 1. The monoisotopic (exact) mass is 524 g/mol. The Hall–Kier alpha value is -2.84. The van der Waals surface area contributed by atoms with Crippen LogP contribution in [0, 0.1) is 5.92 Å². The molecule has 0 bridgehead atoms. The average molecular weight is 525 g/mol. The second-order valence-corrected chi connectivity index (χ2v) is 10.5. The van der Waals surface area contributed by atoms with Gasteiger partial charge in [0.1, 0.15) is 23.0 Å². The number of aryl methyl sites for hydroxylation is 1. The molecule has 6 nitrogen and oxygen atoms in total. The molecule has 1 unspecified atom stereocenters. The molecule has 0 spiro atoms. The molecule has 4 aromatic rings. The maximum atomic E-state index is 12.9. The van der Waals surface area contributed by atoms with Crippen LogP contribution in [0.25, 0.3) is 21.6 Å². The Morgan fingerprint density at radius 3 is 2.97 bits per heavy atom. The molecule has 1 atom stereocenters. The largest absolute Gasteiger partial charge is 0.488 e. The number of nitrogens with one attached hydrogen (secondary N) is 1. The summed E-state index contributed by atoms with van der Waals surface area (Å²) in [4.78, 5) is 22.9. The van der Waals surface area contributed by atoms with Gasteiger partial charge in [0.05, 0.1) is 9.86 Å². The molecule has 33 heavy (non-hydrogen) atoms. The predicted molar refractivity (Wildman–Crippen MR) is 131 cm³/mol. The molecular formula is C25H21BrN2O4S. The van der Waals surface area contributed by atoms with Gasteiger partial charge in [-0.3, -0.25) is 4.79 Å². The minimum Gasteiger partial charge on any atom is -0.488 e. The standard InChI is InChI=1S/C25H21BrN2O4S/c1-13-2-5-16-21(8-13)33-25-22(16)24(29)27-23(28-25)15-4-7-18(17(26)10-15)30-11-14-3-6-19-20(9-14)32-12-31-19/h3-4,6-7,9-10,13H,2,5,8,11-12H2,1H3,(H,27,28,29). The van der Waals surface area contributed by atoms with Crippen molar-refractivity contribution in [2.45, 2.75) is 32.8 Å². The van der Waals surface area contributed by atoms with E-state index in [4.69, 9.17) is 19.2 Å². The van der Waals surface area contributed by atoms with Gasteiger partial charge in [0.15, 0.2) is 11.5 Å². The van der Waals surface area contributed by atoms with Crippen LogP contribution in [-0.4, -0.2) is 16.8 Å². The van der Waals surface area contributed by atoms with E-state index in [9.17, 15) is 4.79 Å². The number of fused-ring (bicyclic) bond motifs is 4. The molecule has 0 radical (unpaired) electrons. The second-order valence-electron chi connectivity index (χ2n) is 8.57. The van der Waals surface area contributed by atoms with E-state index in [0.29, 0.717) is 24.1 Å². The van der Waals surface area contributed by atoms with Crippen molar-refractivity contribution in [1.29, 1.82) is 0 Å². The Bertz CT molecular complexity index is 1440. The summed E-state index contributed by atoms with van der Waals surface area (Å²) in [5.41, 5.74) is 2.96. The number of ether oxygens (including phenoxy) is 3. The van der Waals surface area contributed by atoms with Gasteiger partial charge < -0.3 is 19.2 Å². The third-order valence-corrected chi connectivity index (χ3v) is 7.97. The third-order valence-electron chi connectivity index (χ3n) is 6.20. The summed E-state index contributed by atoms with van der Waals surface area (Å²) in [5, 5.41) is 0.772. The van der Waals surface area contributed by atoms with E-state index in [1.807, 2.05) is 36.4 Å². The molecule has 3 heterocycles. The Balaban J connectivity index is 1.26. The van der Waals surface area contributed by atoms with Crippen LogP contribution in [0.5, 0.6) is 17.2 Å². The van der Waals surface area contributed by atoms with Gasteiger partial charge in [0.25, 0.3) is 5.56 Å². The molecule has 1 N–H and O–H groups in total. The Morgan fingerprint density at radius 2 is 2.09 bits per heavy atom. The average Bonchev–Trinajstić information content (AvgIpc) is 3.41. The van der Waals surface area contributed by atoms with Crippen molar-refractivity contribution in [2.24, 2.45) is 5.92 Å². The summed E-state index contributed by atoms with van der Waals surface area (Å²) in [7, 11) is 0. The van der Waals surface area contributed by atoms with Crippen LogP contribution in [0.2, 0.25) is 0 Å². The summed E-state index contributed by atoms with van der Waals surface area (Å²) in [6.45, 7) is 2.92. The van der Waals surface area contributed by atoms with Crippen LogP contribution < -0.4 is 19.8 Å². The minimum absolute atomic E-state index is 0.0543. The van der Waals surface area contributed by atoms with Crippen molar-refractivity contribution in [1.82, 2.24) is 9.97 Å².